The van der Waals surface area contributed by atoms with E-state index in [1.807, 2.05) is 19.1 Å². The number of aryl methyl sites for hydroxylation is 2. The molecule has 0 aliphatic heterocycles. The lowest BCUT2D eigenvalue weighted by Gasteiger charge is -2.11. The molecule has 1 aliphatic rings. The van der Waals surface area contributed by atoms with Gasteiger partial charge >= 0.3 is 0 Å². The highest BCUT2D eigenvalue weighted by molar-refractivity contribution is 7.19. The molecule has 23 heavy (non-hydrogen) atoms. The summed E-state index contributed by atoms with van der Waals surface area (Å²) in [5, 5.41) is 4.65. The Morgan fingerprint density at radius 1 is 1.26 bits per heavy atom. The van der Waals surface area contributed by atoms with Gasteiger partial charge in [-0.1, -0.05) is 6.07 Å². The van der Waals surface area contributed by atoms with E-state index in [1.54, 1.807) is 23.9 Å². The van der Waals surface area contributed by atoms with Crippen LogP contribution in [-0.4, -0.2) is 21.6 Å². The van der Waals surface area contributed by atoms with Crippen LogP contribution >= 0.6 is 11.3 Å². The summed E-state index contributed by atoms with van der Waals surface area (Å²) in [6.45, 7) is 3.22. The number of anilines is 1. The van der Waals surface area contributed by atoms with E-state index in [0.717, 1.165) is 22.6 Å². The first-order valence-electron chi connectivity index (χ1n) is 7.92. The third-order valence-corrected chi connectivity index (χ3v) is 5.28. The van der Waals surface area contributed by atoms with Crippen molar-refractivity contribution in [2.24, 2.45) is 0 Å². The van der Waals surface area contributed by atoms with Gasteiger partial charge in [0, 0.05) is 23.2 Å². The summed E-state index contributed by atoms with van der Waals surface area (Å²) < 4.78 is 5.59. The lowest BCUT2D eigenvalue weighted by atomic mass is 10.2. The highest BCUT2D eigenvalue weighted by Gasteiger charge is 2.21. The van der Waals surface area contributed by atoms with E-state index in [9.17, 15) is 0 Å². The number of nitrogens with zero attached hydrogens (tertiary/aromatic N) is 3. The van der Waals surface area contributed by atoms with Crippen LogP contribution in [0.1, 0.15) is 29.3 Å². The third kappa shape index (κ3) is 2.63. The number of aromatic nitrogens is 3. The molecule has 0 unspecified atom stereocenters. The highest BCUT2D eigenvalue weighted by Crippen LogP contribution is 2.39. The zero-order valence-electron chi connectivity index (χ0n) is 13.0. The topological polar surface area (TPSA) is 59.9 Å². The molecule has 5 nitrogen and oxygen atoms in total. The highest BCUT2D eigenvalue weighted by atomic mass is 32.1. The maximum absolute atomic E-state index is 5.59. The van der Waals surface area contributed by atoms with Crippen LogP contribution in [0.15, 0.2) is 24.7 Å². The minimum absolute atomic E-state index is 0.611. The van der Waals surface area contributed by atoms with Crippen LogP contribution in [-0.2, 0) is 19.4 Å². The summed E-state index contributed by atoms with van der Waals surface area (Å²) in [4.78, 5) is 15.8. The van der Waals surface area contributed by atoms with Gasteiger partial charge in [-0.3, -0.25) is 0 Å². The van der Waals surface area contributed by atoms with Crippen molar-refractivity contribution >= 4 is 27.4 Å². The molecule has 6 heteroatoms. The van der Waals surface area contributed by atoms with E-state index in [2.05, 4.69) is 20.3 Å². The number of ether oxygens (including phenoxy) is 1. The minimum Gasteiger partial charge on any atom is -0.478 e. The predicted octanol–water partition coefficient (Wildman–Crippen LogP) is 3.59. The third-order valence-electron chi connectivity index (χ3n) is 4.08. The molecule has 0 saturated heterocycles. The second-order valence-corrected chi connectivity index (χ2v) is 6.60. The Kier molecular flexibility index (Phi) is 3.83. The van der Waals surface area contributed by atoms with Gasteiger partial charge in [-0.05, 0) is 37.8 Å². The number of hydrogen-bond acceptors (Lipinski definition) is 6. The van der Waals surface area contributed by atoms with E-state index in [4.69, 9.17) is 4.74 Å². The summed E-state index contributed by atoms with van der Waals surface area (Å²) in [6, 6.07) is 3.96. The van der Waals surface area contributed by atoms with E-state index >= 15 is 0 Å². The van der Waals surface area contributed by atoms with Crippen molar-refractivity contribution in [3.05, 3.63) is 40.7 Å². The maximum Gasteiger partial charge on any atom is 0.218 e. The first-order valence-corrected chi connectivity index (χ1v) is 8.74. The maximum atomic E-state index is 5.59. The van der Waals surface area contributed by atoms with E-state index in [1.165, 1.54) is 28.7 Å². The monoisotopic (exact) mass is 326 g/mol. The number of thiophene rings is 1. The van der Waals surface area contributed by atoms with Crippen molar-refractivity contribution in [1.29, 1.82) is 0 Å². The van der Waals surface area contributed by atoms with Crippen LogP contribution < -0.4 is 10.1 Å². The number of hydrogen-bond donors (Lipinski definition) is 1. The number of pyridine rings is 1. The molecule has 3 heterocycles. The summed E-state index contributed by atoms with van der Waals surface area (Å²) in [5.41, 5.74) is 2.47. The molecule has 0 fully saturated rings. The van der Waals surface area contributed by atoms with E-state index in [-0.39, 0.29) is 0 Å². The first-order chi connectivity index (χ1) is 11.4. The lowest BCUT2D eigenvalue weighted by Crippen LogP contribution is -2.06. The van der Waals surface area contributed by atoms with Crippen molar-refractivity contribution in [1.82, 2.24) is 15.0 Å². The fourth-order valence-electron chi connectivity index (χ4n) is 3.07. The zero-order chi connectivity index (χ0) is 15.6. The van der Waals surface area contributed by atoms with Crippen molar-refractivity contribution in [2.75, 3.05) is 11.9 Å². The van der Waals surface area contributed by atoms with Gasteiger partial charge in [0.25, 0.3) is 0 Å². The van der Waals surface area contributed by atoms with Crippen molar-refractivity contribution < 1.29 is 4.74 Å². The second-order valence-electron chi connectivity index (χ2n) is 5.51. The smallest absolute Gasteiger partial charge is 0.218 e. The molecule has 0 spiro atoms. The average Bonchev–Trinajstić information content (AvgIpc) is 3.15. The quantitative estimate of drug-likeness (QED) is 0.776. The molecule has 1 aliphatic carbocycles. The molecule has 0 aromatic carbocycles. The summed E-state index contributed by atoms with van der Waals surface area (Å²) in [5.74, 6) is 1.60. The predicted molar refractivity (Wildman–Crippen MR) is 92.2 cm³/mol. The van der Waals surface area contributed by atoms with Crippen LogP contribution in [0.4, 0.5) is 5.82 Å². The van der Waals surface area contributed by atoms with Crippen molar-refractivity contribution in [2.45, 2.75) is 32.7 Å². The Hall–Kier alpha value is -2.21. The molecule has 4 rings (SSSR count). The van der Waals surface area contributed by atoms with Crippen molar-refractivity contribution in [3.63, 3.8) is 0 Å². The lowest BCUT2D eigenvalue weighted by molar-refractivity contribution is 0.323. The molecule has 0 amide bonds. The molecule has 0 bridgehead atoms. The van der Waals surface area contributed by atoms with Gasteiger partial charge in [-0.2, -0.15) is 0 Å². The molecular formula is C17H18N4OS. The molecule has 0 saturated carbocycles. The van der Waals surface area contributed by atoms with Gasteiger partial charge in [0.05, 0.1) is 12.0 Å². The molecule has 118 valence electrons. The Bertz CT molecular complexity index is 846. The fourth-order valence-corrected chi connectivity index (χ4v) is 4.30. The SMILES string of the molecule is CCOc1ncccc1CNc1ncnc2sc3c(c12)CCC3. The van der Waals surface area contributed by atoms with Gasteiger partial charge in [-0.25, -0.2) is 15.0 Å². The Labute approximate surface area is 138 Å². The molecule has 0 atom stereocenters. The van der Waals surface area contributed by atoms with E-state index < -0.39 is 0 Å². The standard InChI is InChI=1S/C17H18N4OS/c1-2-22-16-11(5-4-8-18-16)9-19-15-14-12-6-3-7-13(12)23-17(14)21-10-20-15/h4-5,8,10H,2-3,6-7,9H2,1H3,(H,19,20,21). The fraction of sp³-hybridized carbons (Fsp3) is 0.353. The molecule has 0 radical (unpaired) electrons. The number of rotatable bonds is 5. The number of nitrogens with one attached hydrogen (secondary N) is 1. The van der Waals surface area contributed by atoms with Crippen LogP contribution in [0.25, 0.3) is 10.2 Å². The Balaban J connectivity index is 1.64. The van der Waals surface area contributed by atoms with Crippen LogP contribution in [0, 0.1) is 0 Å². The van der Waals surface area contributed by atoms with E-state index in [0.29, 0.717) is 19.0 Å². The normalized spacial score (nSPS) is 13.3. The van der Waals surface area contributed by atoms with Crippen molar-refractivity contribution in [3.8, 4) is 5.88 Å². The second kappa shape index (κ2) is 6.12. The summed E-state index contributed by atoms with van der Waals surface area (Å²) in [7, 11) is 0. The van der Waals surface area contributed by atoms with Gasteiger partial charge in [0.15, 0.2) is 0 Å². The van der Waals surface area contributed by atoms with Gasteiger partial charge in [0.1, 0.15) is 17.0 Å². The van der Waals surface area contributed by atoms with Gasteiger partial charge in [-0.15, -0.1) is 11.3 Å². The van der Waals surface area contributed by atoms with Gasteiger partial charge in [0.2, 0.25) is 5.88 Å². The average molecular weight is 326 g/mol. The molecule has 1 N–H and O–H groups in total. The zero-order valence-corrected chi connectivity index (χ0v) is 13.8. The van der Waals surface area contributed by atoms with Crippen LogP contribution in [0.5, 0.6) is 5.88 Å². The summed E-state index contributed by atoms with van der Waals surface area (Å²) in [6.07, 6.45) is 6.94. The van der Waals surface area contributed by atoms with Crippen LogP contribution in [0.2, 0.25) is 0 Å². The molecule has 3 aromatic heterocycles. The largest absolute Gasteiger partial charge is 0.478 e. The molecule has 3 aromatic rings. The first kappa shape index (κ1) is 14.4. The van der Waals surface area contributed by atoms with Crippen LogP contribution in [0.3, 0.4) is 0 Å². The molecular weight excluding hydrogens is 308 g/mol. The minimum atomic E-state index is 0.611. The Morgan fingerprint density at radius 3 is 3.13 bits per heavy atom. The number of fused-ring (bicyclic) bond motifs is 3. The van der Waals surface area contributed by atoms with Gasteiger partial charge < -0.3 is 10.1 Å². The Morgan fingerprint density at radius 2 is 2.22 bits per heavy atom. The summed E-state index contributed by atoms with van der Waals surface area (Å²) >= 11 is 1.81.